The Hall–Kier alpha value is -1.10. The molecule has 104 valence electrons. The summed E-state index contributed by atoms with van der Waals surface area (Å²) < 4.78 is 0. The van der Waals surface area contributed by atoms with E-state index in [0.29, 0.717) is 32.2 Å². The minimum absolute atomic E-state index is 0.176. The molecule has 3 N–H and O–H groups in total. The zero-order chi connectivity index (χ0) is 13.5. The van der Waals surface area contributed by atoms with Gasteiger partial charge >= 0.3 is 5.97 Å². The summed E-state index contributed by atoms with van der Waals surface area (Å²) in [5.41, 5.74) is 0. The molecule has 0 aliphatic heterocycles. The molecule has 0 aromatic carbocycles. The highest BCUT2D eigenvalue weighted by Gasteiger charge is 2.35. The predicted octanol–water partition coefficient (Wildman–Crippen LogP) is 1.15. The van der Waals surface area contributed by atoms with Crippen molar-refractivity contribution in [2.24, 2.45) is 11.8 Å². The van der Waals surface area contributed by atoms with E-state index in [1.54, 1.807) is 0 Å². The lowest BCUT2D eigenvalue weighted by atomic mass is 9.78. The summed E-state index contributed by atoms with van der Waals surface area (Å²) in [6.45, 7) is 2.30. The molecule has 0 aromatic rings. The molecule has 18 heavy (non-hydrogen) atoms. The van der Waals surface area contributed by atoms with E-state index in [-0.39, 0.29) is 5.91 Å². The van der Waals surface area contributed by atoms with Crippen molar-refractivity contribution >= 4 is 11.9 Å². The van der Waals surface area contributed by atoms with Crippen LogP contribution < -0.4 is 5.32 Å². The zero-order valence-corrected chi connectivity index (χ0v) is 10.9. The highest BCUT2D eigenvalue weighted by Crippen LogP contribution is 2.30. The van der Waals surface area contributed by atoms with E-state index in [1.165, 1.54) is 0 Å². The maximum Gasteiger partial charge on any atom is 0.307 e. The molecular weight excluding hydrogens is 234 g/mol. The number of nitrogens with one attached hydrogen (secondary N) is 1. The van der Waals surface area contributed by atoms with Crippen LogP contribution in [0.2, 0.25) is 0 Å². The first-order valence-electron chi connectivity index (χ1n) is 6.74. The zero-order valence-electron chi connectivity index (χ0n) is 10.9. The lowest BCUT2D eigenvalue weighted by molar-refractivity contribution is -0.148. The Bertz CT molecular complexity index is 293. The molecule has 0 aromatic heterocycles. The van der Waals surface area contributed by atoms with Crippen molar-refractivity contribution in [3.8, 4) is 0 Å². The third-order valence-electron chi connectivity index (χ3n) is 3.67. The second-order valence-corrected chi connectivity index (χ2v) is 4.98. The van der Waals surface area contributed by atoms with E-state index in [4.69, 9.17) is 5.11 Å². The molecule has 1 aliphatic carbocycles. The molecule has 3 atom stereocenters. The number of hydrogen-bond acceptors (Lipinski definition) is 3. The molecule has 0 heterocycles. The van der Waals surface area contributed by atoms with Crippen LogP contribution in [0.1, 0.15) is 45.4 Å². The summed E-state index contributed by atoms with van der Waals surface area (Å²) in [5.74, 6) is -2.00. The van der Waals surface area contributed by atoms with Gasteiger partial charge in [-0.2, -0.15) is 0 Å². The molecule has 0 saturated heterocycles. The van der Waals surface area contributed by atoms with Gasteiger partial charge in [-0.25, -0.2) is 0 Å². The maximum atomic E-state index is 11.9. The van der Waals surface area contributed by atoms with Crippen molar-refractivity contribution in [3.63, 3.8) is 0 Å². The number of rotatable bonds is 6. The molecule has 5 heteroatoms. The number of carboxylic acids is 1. The van der Waals surface area contributed by atoms with Crippen LogP contribution in [0.5, 0.6) is 0 Å². The smallest absolute Gasteiger partial charge is 0.307 e. The predicted molar refractivity (Wildman–Crippen MR) is 67.0 cm³/mol. The topological polar surface area (TPSA) is 86.6 Å². The van der Waals surface area contributed by atoms with Gasteiger partial charge in [0.25, 0.3) is 0 Å². The summed E-state index contributed by atoms with van der Waals surface area (Å²) >= 11 is 0. The highest BCUT2D eigenvalue weighted by molar-refractivity contribution is 5.84. The third-order valence-corrected chi connectivity index (χ3v) is 3.67. The second kappa shape index (κ2) is 7.36. The number of aliphatic hydroxyl groups is 1. The van der Waals surface area contributed by atoms with Crippen LogP contribution in [0.25, 0.3) is 0 Å². The Morgan fingerprint density at radius 2 is 1.89 bits per heavy atom. The minimum atomic E-state index is -0.872. The largest absolute Gasteiger partial charge is 0.481 e. The number of aliphatic carboxylic acids is 1. The molecule has 0 radical (unpaired) electrons. The van der Waals surface area contributed by atoms with Crippen LogP contribution in [0.15, 0.2) is 0 Å². The van der Waals surface area contributed by atoms with Gasteiger partial charge in [-0.1, -0.05) is 19.8 Å². The van der Waals surface area contributed by atoms with Gasteiger partial charge < -0.3 is 15.5 Å². The van der Waals surface area contributed by atoms with E-state index in [9.17, 15) is 14.7 Å². The summed E-state index contributed by atoms with van der Waals surface area (Å²) in [6, 6.07) is 0. The number of carbonyl (C=O) groups excluding carboxylic acids is 1. The van der Waals surface area contributed by atoms with E-state index in [1.807, 2.05) is 6.92 Å². The first-order chi connectivity index (χ1) is 8.56. The van der Waals surface area contributed by atoms with Gasteiger partial charge in [-0.15, -0.1) is 0 Å². The van der Waals surface area contributed by atoms with Crippen LogP contribution in [0.4, 0.5) is 0 Å². The quantitative estimate of drug-likeness (QED) is 0.666. The number of carboxylic acid groups (broad SMARTS) is 1. The fraction of sp³-hybridized carbons (Fsp3) is 0.846. The summed E-state index contributed by atoms with van der Waals surface area (Å²) in [6.07, 6.45) is 3.83. The van der Waals surface area contributed by atoms with Crippen LogP contribution in [0.3, 0.4) is 0 Å². The normalized spacial score (nSPS) is 25.4. The highest BCUT2D eigenvalue weighted by atomic mass is 16.4. The fourth-order valence-corrected chi connectivity index (χ4v) is 2.44. The molecule has 1 fully saturated rings. The number of hydrogen-bond donors (Lipinski definition) is 3. The molecule has 1 saturated carbocycles. The Balaban J connectivity index is 2.41. The molecule has 1 amide bonds. The fourth-order valence-electron chi connectivity index (χ4n) is 2.44. The van der Waals surface area contributed by atoms with Crippen molar-refractivity contribution in [2.45, 2.75) is 51.6 Å². The van der Waals surface area contributed by atoms with Crippen molar-refractivity contribution in [1.82, 2.24) is 5.32 Å². The van der Waals surface area contributed by atoms with Crippen molar-refractivity contribution in [3.05, 3.63) is 0 Å². The molecule has 5 nitrogen and oxygen atoms in total. The van der Waals surface area contributed by atoms with E-state index in [0.717, 1.165) is 12.8 Å². The van der Waals surface area contributed by atoms with Crippen LogP contribution in [-0.2, 0) is 9.59 Å². The summed E-state index contributed by atoms with van der Waals surface area (Å²) in [4.78, 5) is 23.0. The van der Waals surface area contributed by atoms with Gasteiger partial charge in [0.05, 0.1) is 17.9 Å². The summed E-state index contributed by atoms with van der Waals surface area (Å²) in [5, 5.41) is 21.2. The molecule has 0 bridgehead atoms. The SMILES string of the molecule is CCC(O)CCNC(=O)[C@@H]1CCCC[C@@H]1C(=O)O. The van der Waals surface area contributed by atoms with Gasteiger partial charge in [0.2, 0.25) is 5.91 Å². The second-order valence-electron chi connectivity index (χ2n) is 4.98. The first-order valence-corrected chi connectivity index (χ1v) is 6.74. The molecule has 1 unspecified atom stereocenters. The van der Waals surface area contributed by atoms with E-state index in [2.05, 4.69) is 5.32 Å². The number of carbonyl (C=O) groups is 2. The Morgan fingerprint density at radius 1 is 1.28 bits per heavy atom. The van der Waals surface area contributed by atoms with Gasteiger partial charge in [-0.3, -0.25) is 9.59 Å². The average Bonchev–Trinajstić information content (AvgIpc) is 2.38. The lowest BCUT2D eigenvalue weighted by Crippen LogP contribution is -2.40. The Kier molecular flexibility index (Phi) is 6.12. The van der Waals surface area contributed by atoms with Crippen molar-refractivity contribution in [2.75, 3.05) is 6.54 Å². The molecular formula is C13H23NO4. The van der Waals surface area contributed by atoms with Gasteiger partial charge in [-0.05, 0) is 25.7 Å². The van der Waals surface area contributed by atoms with Crippen LogP contribution in [0, 0.1) is 11.8 Å². The standard InChI is InChI=1S/C13H23NO4/c1-2-9(15)7-8-14-12(16)10-5-3-4-6-11(10)13(17)18/h9-11,15H,2-8H2,1H3,(H,14,16)(H,17,18)/t9?,10-,11+/m1/s1. The van der Waals surface area contributed by atoms with Gasteiger partial charge in [0.15, 0.2) is 0 Å². The summed E-state index contributed by atoms with van der Waals surface area (Å²) in [7, 11) is 0. The average molecular weight is 257 g/mol. The Labute approximate surface area is 108 Å². The lowest BCUT2D eigenvalue weighted by Gasteiger charge is -2.27. The van der Waals surface area contributed by atoms with Gasteiger partial charge in [0, 0.05) is 6.54 Å². The number of amides is 1. The minimum Gasteiger partial charge on any atom is -0.481 e. The van der Waals surface area contributed by atoms with Gasteiger partial charge in [0.1, 0.15) is 0 Å². The molecule has 1 aliphatic rings. The number of aliphatic hydroxyl groups excluding tert-OH is 1. The van der Waals surface area contributed by atoms with Crippen LogP contribution in [-0.4, -0.2) is 34.7 Å². The molecule has 1 rings (SSSR count). The monoisotopic (exact) mass is 257 g/mol. The van der Waals surface area contributed by atoms with Crippen molar-refractivity contribution in [1.29, 1.82) is 0 Å². The maximum absolute atomic E-state index is 11.9. The van der Waals surface area contributed by atoms with Crippen LogP contribution >= 0.6 is 0 Å². The van der Waals surface area contributed by atoms with Crippen molar-refractivity contribution < 1.29 is 19.8 Å². The third kappa shape index (κ3) is 4.29. The molecule has 0 spiro atoms. The van der Waals surface area contributed by atoms with E-state index < -0.39 is 23.9 Å². The van der Waals surface area contributed by atoms with E-state index >= 15 is 0 Å². The Morgan fingerprint density at radius 3 is 2.44 bits per heavy atom. The first kappa shape index (κ1) is 15.0.